The number of hydrogen-bond acceptors (Lipinski definition) is 3. The lowest BCUT2D eigenvalue weighted by molar-refractivity contribution is -0.133. The molecule has 0 spiro atoms. The number of carbonyl (C=O) groups is 2. The zero-order valence-electron chi connectivity index (χ0n) is 10.1. The van der Waals surface area contributed by atoms with Crippen LogP contribution >= 0.6 is 0 Å². The third-order valence-electron chi connectivity index (χ3n) is 2.71. The van der Waals surface area contributed by atoms with E-state index in [1.807, 2.05) is 7.05 Å². The molecular weight excluding hydrogens is 206 g/mol. The molecule has 92 valence electrons. The molecule has 0 aromatic rings. The first-order valence-corrected chi connectivity index (χ1v) is 5.82. The smallest absolute Gasteiger partial charge is 0.239 e. The second-order valence-corrected chi connectivity index (χ2v) is 4.39. The predicted molar refractivity (Wildman–Crippen MR) is 61.9 cm³/mol. The van der Waals surface area contributed by atoms with E-state index in [4.69, 9.17) is 0 Å². The van der Waals surface area contributed by atoms with Gasteiger partial charge in [0.05, 0.1) is 6.54 Å². The molecule has 0 bridgehead atoms. The summed E-state index contributed by atoms with van der Waals surface area (Å²) in [6, 6.07) is 0. The molecule has 2 N–H and O–H groups in total. The molecule has 0 aromatic carbocycles. The Hall–Kier alpha value is -1.10. The van der Waals surface area contributed by atoms with Crippen LogP contribution in [0.1, 0.15) is 19.8 Å². The lowest BCUT2D eigenvalue weighted by atomic mass is 10.2. The summed E-state index contributed by atoms with van der Waals surface area (Å²) in [5.41, 5.74) is 0. The third kappa shape index (κ3) is 4.18. The number of likely N-dealkylation sites (tertiary alicyclic amines) is 1. The summed E-state index contributed by atoms with van der Waals surface area (Å²) in [5.74, 6) is 0.444. The fraction of sp³-hybridized carbons (Fsp3) is 0.818. The van der Waals surface area contributed by atoms with Gasteiger partial charge in [0.15, 0.2) is 0 Å². The van der Waals surface area contributed by atoms with Crippen molar-refractivity contribution in [3.8, 4) is 0 Å². The zero-order chi connectivity index (χ0) is 12.0. The lowest BCUT2D eigenvalue weighted by Crippen LogP contribution is -2.40. The van der Waals surface area contributed by atoms with Crippen molar-refractivity contribution in [2.45, 2.75) is 19.8 Å². The van der Waals surface area contributed by atoms with Crippen molar-refractivity contribution in [2.75, 3.05) is 33.2 Å². The van der Waals surface area contributed by atoms with Gasteiger partial charge in [-0.15, -0.1) is 0 Å². The molecule has 0 aromatic heterocycles. The summed E-state index contributed by atoms with van der Waals surface area (Å²) in [6.45, 7) is 4.53. The molecule has 0 saturated carbocycles. The molecule has 1 fully saturated rings. The van der Waals surface area contributed by atoms with Crippen LogP contribution in [0.15, 0.2) is 0 Å². The van der Waals surface area contributed by atoms with Crippen molar-refractivity contribution >= 4 is 11.8 Å². The average molecular weight is 227 g/mol. The van der Waals surface area contributed by atoms with Crippen LogP contribution < -0.4 is 10.6 Å². The minimum absolute atomic E-state index is 0.0572. The Morgan fingerprint density at radius 3 is 2.81 bits per heavy atom. The maximum absolute atomic E-state index is 11.5. The third-order valence-corrected chi connectivity index (χ3v) is 2.71. The standard InChI is InChI=1S/C11H21N3O2/c1-9(6-12-2)7-13-10(15)8-14-5-3-4-11(14)16/h9,12H,3-8H2,1-2H3,(H,13,15). The van der Waals surface area contributed by atoms with E-state index in [2.05, 4.69) is 17.6 Å². The highest BCUT2D eigenvalue weighted by Gasteiger charge is 2.22. The highest BCUT2D eigenvalue weighted by Crippen LogP contribution is 2.08. The summed E-state index contributed by atoms with van der Waals surface area (Å²) in [4.78, 5) is 24.4. The molecule has 1 saturated heterocycles. The topological polar surface area (TPSA) is 61.4 Å². The number of amides is 2. The molecule has 16 heavy (non-hydrogen) atoms. The van der Waals surface area contributed by atoms with E-state index >= 15 is 0 Å². The van der Waals surface area contributed by atoms with Gasteiger partial charge in [0.25, 0.3) is 0 Å². The quantitative estimate of drug-likeness (QED) is 0.648. The van der Waals surface area contributed by atoms with Gasteiger partial charge >= 0.3 is 0 Å². The monoisotopic (exact) mass is 227 g/mol. The number of nitrogens with zero attached hydrogens (tertiary/aromatic N) is 1. The van der Waals surface area contributed by atoms with Gasteiger partial charge < -0.3 is 15.5 Å². The molecule has 1 unspecified atom stereocenters. The highest BCUT2D eigenvalue weighted by atomic mass is 16.2. The molecular formula is C11H21N3O2. The first kappa shape index (κ1) is 13.0. The molecule has 0 radical (unpaired) electrons. The number of nitrogens with one attached hydrogen (secondary N) is 2. The summed E-state index contributed by atoms with van der Waals surface area (Å²) in [6.07, 6.45) is 1.46. The van der Waals surface area contributed by atoms with Crippen LogP contribution in [0.4, 0.5) is 0 Å². The second kappa shape index (κ2) is 6.48. The van der Waals surface area contributed by atoms with Crippen LogP contribution in [0.3, 0.4) is 0 Å². The number of rotatable bonds is 6. The Bertz CT molecular complexity index is 256. The van der Waals surface area contributed by atoms with E-state index in [-0.39, 0.29) is 18.4 Å². The Morgan fingerprint density at radius 1 is 1.50 bits per heavy atom. The van der Waals surface area contributed by atoms with Gasteiger partial charge in [0, 0.05) is 19.5 Å². The Kier molecular flexibility index (Phi) is 5.25. The maximum atomic E-state index is 11.5. The Balaban J connectivity index is 2.18. The minimum Gasteiger partial charge on any atom is -0.354 e. The Morgan fingerprint density at radius 2 is 2.25 bits per heavy atom. The number of hydrogen-bond donors (Lipinski definition) is 2. The van der Waals surface area contributed by atoms with Crippen molar-refractivity contribution < 1.29 is 9.59 Å². The summed E-state index contributed by atoms with van der Waals surface area (Å²) >= 11 is 0. The summed E-state index contributed by atoms with van der Waals surface area (Å²) < 4.78 is 0. The molecule has 1 heterocycles. The van der Waals surface area contributed by atoms with Crippen molar-refractivity contribution in [1.29, 1.82) is 0 Å². The first-order chi connectivity index (χ1) is 7.63. The van der Waals surface area contributed by atoms with Gasteiger partial charge in [-0.2, -0.15) is 0 Å². The molecule has 2 amide bonds. The number of carbonyl (C=O) groups excluding carboxylic acids is 2. The fourth-order valence-electron chi connectivity index (χ4n) is 1.81. The van der Waals surface area contributed by atoms with Gasteiger partial charge in [-0.25, -0.2) is 0 Å². The second-order valence-electron chi connectivity index (χ2n) is 4.39. The molecule has 1 rings (SSSR count). The van der Waals surface area contributed by atoms with Crippen molar-refractivity contribution in [2.24, 2.45) is 5.92 Å². The fourth-order valence-corrected chi connectivity index (χ4v) is 1.81. The van der Waals surface area contributed by atoms with Crippen LogP contribution in [0.25, 0.3) is 0 Å². The summed E-state index contributed by atoms with van der Waals surface area (Å²) in [7, 11) is 1.89. The van der Waals surface area contributed by atoms with E-state index < -0.39 is 0 Å². The van der Waals surface area contributed by atoms with E-state index in [0.29, 0.717) is 18.9 Å². The molecule has 1 aliphatic heterocycles. The van der Waals surface area contributed by atoms with Gasteiger partial charge in [-0.1, -0.05) is 6.92 Å². The van der Waals surface area contributed by atoms with E-state index in [0.717, 1.165) is 19.5 Å². The van der Waals surface area contributed by atoms with Gasteiger partial charge in [-0.05, 0) is 25.9 Å². The Labute approximate surface area is 96.6 Å². The van der Waals surface area contributed by atoms with Crippen LogP contribution in [-0.2, 0) is 9.59 Å². The van der Waals surface area contributed by atoms with Crippen LogP contribution in [0, 0.1) is 5.92 Å². The largest absolute Gasteiger partial charge is 0.354 e. The molecule has 1 atom stereocenters. The maximum Gasteiger partial charge on any atom is 0.239 e. The van der Waals surface area contributed by atoms with Gasteiger partial charge in [-0.3, -0.25) is 9.59 Å². The first-order valence-electron chi connectivity index (χ1n) is 5.82. The van der Waals surface area contributed by atoms with E-state index in [9.17, 15) is 9.59 Å². The molecule has 5 nitrogen and oxygen atoms in total. The molecule has 5 heteroatoms. The van der Waals surface area contributed by atoms with E-state index in [1.165, 1.54) is 0 Å². The summed E-state index contributed by atoms with van der Waals surface area (Å²) in [5, 5.41) is 5.90. The average Bonchev–Trinajstić information content (AvgIpc) is 2.62. The van der Waals surface area contributed by atoms with Crippen LogP contribution in [0.5, 0.6) is 0 Å². The molecule has 1 aliphatic rings. The lowest BCUT2D eigenvalue weighted by Gasteiger charge is -2.16. The highest BCUT2D eigenvalue weighted by molar-refractivity contribution is 5.85. The van der Waals surface area contributed by atoms with Gasteiger partial charge in [0.1, 0.15) is 0 Å². The van der Waals surface area contributed by atoms with Crippen molar-refractivity contribution in [3.05, 3.63) is 0 Å². The predicted octanol–water partition coefficient (Wildman–Crippen LogP) is -0.419. The van der Waals surface area contributed by atoms with Gasteiger partial charge in [0.2, 0.25) is 11.8 Å². The van der Waals surface area contributed by atoms with E-state index in [1.54, 1.807) is 4.90 Å². The van der Waals surface area contributed by atoms with Crippen molar-refractivity contribution in [3.63, 3.8) is 0 Å². The van der Waals surface area contributed by atoms with Crippen LogP contribution in [-0.4, -0.2) is 49.9 Å². The van der Waals surface area contributed by atoms with Crippen LogP contribution in [0.2, 0.25) is 0 Å². The zero-order valence-corrected chi connectivity index (χ0v) is 10.1. The SMILES string of the molecule is CNCC(C)CNC(=O)CN1CCCC1=O. The van der Waals surface area contributed by atoms with Crippen molar-refractivity contribution in [1.82, 2.24) is 15.5 Å². The normalized spacial score (nSPS) is 17.6. The molecule has 0 aliphatic carbocycles. The minimum atomic E-state index is -0.0572.